The van der Waals surface area contributed by atoms with Crippen LogP contribution in [0.1, 0.15) is 29.9 Å². The van der Waals surface area contributed by atoms with Crippen LogP contribution in [0, 0.1) is 11.8 Å². The average Bonchev–Trinajstić information content (AvgIpc) is 2.52. The molecule has 21 heavy (non-hydrogen) atoms. The SMILES string of the molecule is CC(C)N1CCN(C(=O)c2ncccc2C#CCO)CC1. The number of aliphatic hydroxyl groups excluding tert-OH is 1. The molecule has 1 aromatic heterocycles. The molecule has 5 nitrogen and oxygen atoms in total. The summed E-state index contributed by atoms with van der Waals surface area (Å²) in [6.45, 7) is 7.29. The van der Waals surface area contributed by atoms with E-state index in [0.29, 0.717) is 30.4 Å². The molecule has 0 spiro atoms. The number of hydrogen-bond acceptors (Lipinski definition) is 4. The van der Waals surface area contributed by atoms with Crippen LogP contribution < -0.4 is 0 Å². The standard InChI is InChI=1S/C16H21N3O2/c1-13(2)18-8-10-19(11-9-18)16(21)15-14(6-4-12-20)5-3-7-17-15/h3,5,7,13,20H,8-12H2,1-2H3. The van der Waals surface area contributed by atoms with Crippen molar-refractivity contribution in [2.75, 3.05) is 32.8 Å². The van der Waals surface area contributed by atoms with E-state index in [1.165, 1.54) is 0 Å². The van der Waals surface area contributed by atoms with Crippen LogP contribution in [0.5, 0.6) is 0 Å². The molecule has 1 fully saturated rings. The summed E-state index contributed by atoms with van der Waals surface area (Å²) in [7, 11) is 0. The third-order valence-electron chi connectivity index (χ3n) is 3.64. The Morgan fingerprint density at radius 1 is 1.38 bits per heavy atom. The van der Waals surface area contributed by atoms with Gasteiger partial charge in [0.25, 0.3) is 5.91 Å². The summed E-state index contributed by atoms with van der Waals surface area (Å²) in [6.07, 6.45) is 1.60. The molecule has 1 N–H and O–H groups in total. The first-order valence-electron chi connectivity index (χ1n) is 7.21. The fourth-order valence-corrected chi connectivity index (χ4v) is 2.40. The van der Waals surface area contributed by atoms with E-state index in [4.69, 9.17) is 5.11 Å². The normalized spacial score (nSPS) is 15.7. The molecule has 5 heteroatoms. The zero-order valence-electron chi connectivity index (χ0n) is 12.5. The van der Waals surface area contributed by atoms with Gasteiger partial charge in [-0.1, -0.05) is 11.8 Å². The largest absolute Gasteiger partial charge is 0.384 e. The van der Waals surface area contributed by atoms with Crippen LogP contribution in [0.15, 0.2) is 18.3 Å². The van der Waals surface area contributed by atoms with Crippen LogP contribution >= 0.6 is 0 Å². The lowest BCUT2D eigenvalue weighted by molar-refractivity contribution is 0.0589. The second-order valence-corrected chi connectivity index (χ2v) is 5.28. The number of carbonyl (C=O) groups is 1. The Morgan fingerprint density at radius 3 is 2.71 bits per heavy atom. The maximum atomic E-state index is 12.6. The first kappa shape index (κ1) is 15.5. The van der Waals surface area contributed by atoms with Crippen LogP contribution in [-0.2, 0) is 0 Å². The Balaban J connectivity index is 2.11. The number of aromatic nitrogens is 1. The quantitative estimate of drug-likeness (QED) is 0.809. The van der Waals surface area contributed by atoms with E-state index >= 15 is 0 Å². The maximum absolute atomic E-state index is 12.6. The highest BCUT2D eigenvalue weighted by molar-refractivity contribution is 5.94. The predicted molar refractivity (Wildman–Crippen MR) is 80.8 cm³/mol. The molecule has 0 atom stereocenters. The average molecular weight is 287 g/mol. The molecular weight excluding hydrogens is 266 g/mol. The van der Waals surface area contributed by atoms with Crippen molar-refractivity contribution in [1.82, 2.24) is 14.8 Å². The number of pyridine rings is 1. The van der Waals surface area contributed by atoms with Gasteiger partial charge in [-0.2, -0.15) is 0 Å². The summed E-state index contributed by atoms with van der Waals surface area (Å²) in [4.78, 5) is 20.9. The van der Waals surface area contributed by atoms with Crippen LogP contribution in [0.4, 0.5) is 0 Å². The number of piperazine rings is 1. The molecule has 0 aliphatic carbocycles. The van der Waals surface area contributed by atoms with Crippen LogP contribution in [0.3, 0.4) is 0 Å². The molecule has 2 heterocycles. The molecule has 1 aliphatic heterocycles. The number of amides is 1. The molecule has 112 valence electrons. The van der Waals surface area contributed by atoms with E-state index in [1.54, 1.807) is 18.3 Å². The van der Waals surface area contributed by atoms with Gasteiger partial charge in [-0.3, -0.25) is 9.69 Å². The number of carbonyl (C=O) groups excluding carboxylic acids is 1. The zero-order chi connectivity index (χ0) is 15.2. The van der Waals surface area contributed by atoms with Crippen LogP contribution in [0.25, 0.3) is 0 Å². The van der Waals surface area contributed by atoms with Gasteiger partial charge in [0.1, 0.15) is 12.3 Å². The molecule has 1 saturated heterocycles. The summed E-state index contributed by atoms with van der Waals surface area (Å²) in [5.74, 6) is 5.28. The topological polar surface area (TPSA) is 56.7 Å². The van der Waals surface area contributed by atoms with Gasteiger partial charge in [0.15, 0.2) is 0 Å². The molecule has 0 saturated carbocycles. The molecule has 0 bridgehead atoms. The highest BCUT2D eigenvalue weighted by atomic mass is 16.2. The predicted octanol–water partition coefficient (Wildman–Crippen LogP) is 0.592. The molecule has 1 aromatic rings. The van der Waals surface area contributed by atoms with Gasteiger partial charge in [-0.25, -0.2) is 4.98 Å². The van der Waals surface area contributed by atoms with Crippen molar-refractivity contribution in [3.8, 4) is 11.8 Å². The lowest BCUT2D eigenvalue weighted by Crippen LogP contribution is -2.50. The van der Waals surface area contributed by atoms with Crippen molar-refractivity contribution in [3.05, 3.63) is 29.6 Å². The Hall–Kier alpha value is -1.90. The van der Waals surface area contributed by atoms with Gasteiger partial charge >= 0.3 is 0 Å². The van der Waals surface area contributed by atoms with Crippen molar-refractivity contribution in [3.63, 3.8) is 0 Å². The van der Waals surface area contributed by atoms with Gasteiger partial charge < -0.3 is 10.0 Å². The smallest absolute Gasteiger partial charge is 0.273 e. The minimum absolute atomic E-state index is 0.0822. The van der Waals surface area contributed by atoms with E-state index in [2.05, 4.69) is 35.6 Å². The fraction of sp³-hybridized carbons (Fsp3) is 0.500. The Labute approximate surface area is 125 Å². The Bertz CT molecular complexity index is 552. The minimum atomic E-state index is -0.227. The van der Waals surface area contributed by atoms with E-state index in [-0.39, 0.29) is 12.5 Å². The molecular formula is C16H21N3O2. The molecule has 0 unspecified atom stereocenters. The molecule has 1 aliphatic rings. The lowest BCUT2D eigenvalue weighted by Gasteiger charge is -2.36. The summed E-state index contributed by atoms with van der Waals surface area (Å²) in [6, 6.07) is 4.00. The van der Waals surface area contributed by atoms with Crippen molar-refractivity contribution in [1.29, 1.82) is 0 Å². The summed E-state index contributed by atoms with van der Waals surface area (Å²) in [5, 5.41) is 8.79. The van der Waals surface area contributed by atoms with Crippen molar-refractivity contribution in [2.45, 2.75) is 19.9 Å². The van der Waals surface area contributed by atoms with Gasteiger partial charge in [0.2, 0.25) is 0 Å². The number of hydrogen-bond donors (Lipinski definition) is 1. The van der Waals surface area contributed by atoms with Crippen molar-refractivity contribution < 1.29 is 9.90 Å². The zero-order valence-corrected chi connectivity index (χ0v) is 12.5. The highest BCUT2D eigenvalue weighted by Gasteiger charge is 2.25. The molecule has 1 amide bonds. The number of rotatable bonds is 2. The monoisotopic (exact) mass is 287 g/mol. The summed E-state index contributed by atoms with van der Waals surface area (Å²) in [5.41, 5.74) is 0.944. The van der Waals surface area contributed by atoms with Crippen LogP contribution in [0.2, 0.25) is 0 Å². The van der Waals surface area contributed by atoms with Gasteiger partial charge in [-0.15, -0.1) is 0 Å². The van der Waals surface area contributed by atoms with Gasteiger partial charge in [0, 0.05) is 38.4 Å². The van der Waals surface area contributed by atoms with Crippen LogP contribution in [-0.4, -0.2) is 64.6 Å². The van der Waals surface area contributed by atoms with Crippen molar-refractivity contribution in [2.24, 2.45) is 0 Å². The highest BCUT2D eigenvalue weighted by Crippen LogP contribution is 2.12. The van der Waals surface area contributed by atoms with E-state index in [9.17, 15) is 4.79 Å². The van der Waals surface area contributed by atoms with Gasteiger partial charge in [-0.05, 0) is 26.0 Å². The van der Waals surface area contributed by atoms with E-state index in [1.807, 2.05) is 4.90 Å². The number of aliphatic hydroxyl groups is 1. The molecule has 2 rings (SSSR count). The van der Waals surface area contributed by atoms with E-state index < -0.39 is 0 Å². The Morgan fingerprint density at radius 2 is 2.10 bits per heavy atom. The van der Waals surface area contributed by atoms with E-state index in [0.717, 1.165) is 13.1 Å². The van der Waals surface area contributed by atoms with Gasteiger partial charge in [0.05, 0.1) is 5.56 Å². The summed E-state index contributed by atoms with van der Waals surface area (Å²) >= 11 is 0. The summed E-state index contributed by atoms with van der Waals surface area (Å²) < 4.78 is 0. The lowest BCUT2D eigenvalue weighted by atomic mass is 10.1. The second-order valence-electron chi connectivity index (χ2n) is 5.28. The second kappa shape index (κ2) is 7.21. The molecule has 0 radical (unpaired) electrons. The number of nitrogens with zero attached hydrogens (tertiary/aromatic N) is 3. The fourth-order valence-electron chi connectivity index (χ4n) is 2.40. The Kier molecular flexibility index (Phi) is 5.32. The third kappa shape index (κ3) is 3.81. The minimum Gasteiger partial charge on any atom is -0.384 e. The van der Waals surface area contributed by atoms with Crippen molar-refractivity contribution >= 4 is 5.91 Å². The first-order valence-corrected chi connectivity index (χ1v) is 7.21. The third-order valence-corrected chi connectivity index (χ3v) is 3.64. The molecule has 0 aromatic carbocycles. The maximum Gasteiger partial charge on any atom is 0.273 e. The first-order chi connectivity index (χ1) is 10.1.